The van der Waals surface area contributed by atoms with Crippen LogP contribution in [0.2, 0.25) is 5.02 Å². The van der Waals surface area contributed by atoms with Crippen molar-refractivity contribution in [2.24, 2.45) is 0 Å². The lowest BCUT2D eigenvalue weighted by Gasteiger charge is -2.10. The second-order valence-electron chi connectivity index (χ2n) is 4.38. The fourth-order valence-electron chi connectivity index (χ4n) is 1.68. The molecule has 2 N–H and O–H groups in total. The summed E-state index contributed by atoms with van der Waals surface area (Å²) in [6.45, 7) is 0.222. The summed E-state index contributed by atoms with van der Waals surface area (Å²) in [6, 6.07) is 7.67. The molecule has 23 heavy (non-hydrogen) atoms. The zero-order valence-electron chi connectivity index (χ0n) is 11.7. The Kier molecular flexibility index (Phi) is 5.70. The first kappa shape index (κ1) is 17.0. The molecule has 2 aromatic carbocycles. The normalized spacial score (nSPS) is 10.3. The second kappa shape index (κ2) is 7.73. The van der Waals surface area contributed by atoms with Gasteiger partial charge in [-0.1, -0.05) is 23.7 Å². The van der Waals surface area contributed by atoms with Crippen LogP contribution in [-0.2, 0) is 0 Å². The quantitative estimate of drug-likeness (QED) is 0.637. The van der Waals surface area contributed by atoms with E-state index in [1.165, 1.54) is 0 Å². The number of nitrogens with one attached hydrogen (secondary N) is 2. The van der Waals surface area contributed by atoms with E-state index in [4.69, 9.17) is 16.3 Å². The van der Waals surface area contributed by atoms with Crippen molar-refractivity contribution in [3.63, 3.8) is 0 Å². The number of ether oxygens (including phenoxy) is 1. The molecule has 2 amide bonds. The highest BCUT2D eigenvalue weighted by Gasteiger charge is 2.14. The van der Waals surface area contributed by atoms with Crippen molar-refractivity contribution in [3.8, 4) is 5.75 Å². The first-order valence-corrected chi connectivity index (χ1v) is 6.92. The summed E-state index contributed by atoms with van der Waals surface area (Å²) in [6.07, 6.45) is 0. The van der Waals surface area contributed by atoms with Crippen LogP contribution in [0.5, 0.6) is 5.75 Å². The SMILES string of the molecule is O=C(NCCOc1ccccc1Cl)Nc1ccc(F)c(F)c1F. The molecule has 2 rings (SSSR count). The Morgan fingerprint density at radius 2 is 1.83 bits per heavy atom. The molecule has 0 spiro atoms. The highest BCUT2D eigenvalue weighted by molar-refractivity contribution is 6.32. The summed E-state index contributed by atoms with van der Waals surface area (Å²) >= 11 is 5.89. The van der Waals surface area contributed by atoms with Gasteiger partial charge in [-0.05, 0) is 24.3 Å². The van der Waals surface area contributed by atoms with Crippen LogP contribution in [0.4, 0.5) is 23.7 Å². The summed E-state index contributed by atoms with van der Waals surface area (Å²) in [5.74, 6) is -3.98. The van der Waals surface area contributed by atoms with Gasteiger partial charge in [0.05, 0.1) is 17.3 Å². The third kappa shape index (κ3) is 4.53. The standard InChI is InChI=1S/C15H12ClF3N2O2/c16-9-3-1-2-4-12(9)23-8-7-20-15(22)21-11-6-5-10(17)13(18)14(11)19/h1-6H,7-8H2,(H2,20,21,22). The minimum atomic E-state index is -1.65. The number of anilines is 1. The second-order valence-corrected chi connectivity index (χ2v) is 4.79. The number of para-hydroxylation sites is 1. The smallest absolute Gasteiger partial charge is 0.319 e. The van der Waals surface area contributed by atoms with E-state index in [9.17, 15) is 18.0 Å². The third-order valence-corrected chi connectivity index (χ3v) is 3.08. The molecule has 0 bridgehead atoms. The molecule has 0 unspecified atom stereocenters. The Labute approximate surface area is 135 Å². The summed E-state index contributed by atoms with van der Waals surface area (Å²) in [5, 5.41) is 4.89. The van der Waals surface area contributed by atoms with Crippen LogP contribution in [0.15, 0.2) is 36.4 Å². The number of carbonyl (C=O) groups is 1. The lowest BCUT2D eigenvalue weighted by Crippen LogP contribution is -2.32. The fraction of sp³-hybridized carbons (Fsp3) is 0.133. The molecule has 4 nitrogen and oxygen atoms in total. The summed E-state index contributed by atoms with van der Waals surface area (Å²) in [4.78, 5) is 11.6. The van der Waals surface area contributed by atoms with Crippen LogP contribution in [0.25, 0.3) is 0 Å². The Hall–Kier alpha value is -2.41. The molecule has 0 saturated carbocycles. The molecule has 0 aromatic heterocycles. The van der Waals surface area contributed by atoms with Crippen molar-refractivity contribution >= 4 is 23.3 Å². The Morgan fingerprint density at radius 1 is 1.09 bits per heavy atom. The first-order valence-electron chi connectivity index (χ1n) is 6.54. The van der Waals surface area contributed by atoms with Gasteiger partial charge < -0.3 is 15.4 Å². The molecular weight excluding hydrogens is 333 g/mol. The number of rotatable bonds is 5. The van der Waals surface area contributed by atoms with Crippen molar-refractivity contribution in [1.82, 2.24) is 5.32 Å². The molecule has 0 fully saturated rings. The summed E-state index contributed by atoms with van der Waals surface area (Å²) in [7, 11) is 0. The van der Waals surface area contributed by atoms with Crippen molar-refractivity contribution < 1.29 is 22.7 Å². The topological polar surface area (TPSA) is 50.4 Å². The van der Waals surface area contributed by atoms with Crippen LogP contribution >= 0.6 is 11.6 Å². The van der Waals surface area contributed by atoms with E-state index < -0.39 is 29.2 Å². The van der Waals surface area contributed by atoms with Gasteiger partial charge in [-0.3, -0.25) is 0 Å². The summed E-state index contributed by atoms with van der Waals surface area (Å²) < 4.78 is 44.5. The van der Waals surface area contributed by atoms with Gasteiger partial charge in [0.15, 0.2) is 17.5 Å². The highest BCUT2D eigenvalue weighted by Crippen LogP contribution is 2.22. The van der Waals surface area contributed by atoms with E-state index in [1.54, 1.807) is 24.3 Å². The maximum absolute atomic E-state index is 13.4. The molecule has 0 aliphatic carbocycles. The lowest BCUT2D eigenvalue weighted by molar-refractivity contribution is 0.247. The number of halogens is 4. The Balaban J connectivity index is 1.80. The van der Waals surface area contributed by atoms with Crippen LogP contribution in [0, 0.1) is 17.5 Å². The number of urea groups is 1. The number of amides is 2. The Morgan fingerprint density at radius 3 is 2.57 bits per heavy atom. The van der Waals surface area contributed by atoms with Gasteiger partial charge in [-0.15, -0.1) is 0 Å². The monoisotopic (exact) mass is 344 g/mol. The maximum Gasteiger partial charge on any atom is 0.319 e. The summed E-state index contributed by atoms with van der Waals surface area (Å²) in [5.41, 5.74) is -0.464. The molecule has 122 valence electrons. The van der Waals surface area contributed by atoms with E-state index in [-0.39, 0.29) is 13.2 Å². The lowest BCUT2D eigenvalue weighted by atomic mass is 10.3. The molecule has 0 saturated heterocycles. The number of hydrogen-bond donors (Lipinski definition) is 2. The number of hydrogen-bond acceptors (Lipinski definition) is 2. The maximum atomic E-state index is 13.4. The third-order valence-electron chi connectivity index (χ3n) is 2.77. The molecule has 0 aliphatic heterocycles. The molecule has 0 aliphatic rings. The van der Waals surface area contributed by atoms with Crippen LogP contribution in [0.3, 0.4) is 0 Å². The minimum Gasteiger partial charge on any atom is -0.490 e. The number of benzene rings is 2. The fourth-order valence-corrected chi connectivity index (χ4v) is 1.87. The predicted octanol–water partition coefficient (Wildman–Crippen LogP) is 3.96. The zero-order valence-corrected chi connectivity index (χ0v) is 12.5. The molecule has 0 heterocycles. The zero-order chi connectivity index (χ0) is 16.8. The van der Waals surface area contributed by atoms with Crippen LogP contribution in [0.1, 0.15) is 0 Å². The van der Waals surface area contributed by atoms with Gasteiger partial charge in [0.2, 0.25) is 0 Å². The molecule has 8 heteroatoms. The van der Waals surface area contributed by atoms with Gasteiger partial charge >= 0.3 is 6.03 Å². The molecular formula is C15H12ClF3N2O2. The highest BCUT2D eigenvalue weighted by atomic mass is 35.5. The van der Waals surface area contributed by atoms with Gasteiger partial charge in [0.1, 0.15) is 12.4 Å². The molecule has 0 atom stereocenters. The number of carbonyl (C=O) groups excluding carboxylic acids is 1. The van der Waals surface area contributed by atoms with Gasteiger partial charge in [-0.2, -0.15) is 0 Å². The average Bonchev–Trinajstić information content (AvgIpc) is 2.54. The van der Waals surface area contributed by atoms with Crippen molar-refractivity contribution in [3.05, 3.63) is 58.9 Å². The predicted molar refractivity (Wildman–Crippen MR) is 80.3 cm³/mol. The minimum absolute atomic E-state index is 0.0996. The van der Waals surface area contributed by atoms with E-state index in [1.807, 2.05) is 0 Å². The van der Waals surface area contributed by atoms with Crippen molar-refractivity contribution in [1.29, 1.82) is 0 Å². The van der Waals surface area contributed by atoms with Crippen molar-refractivity contribution in [2.45, 2.75) is 0 Å². The van der Waals surface area contributed by atoms with Gasteiger partial charge in [0.25, 0.3) is 0 Å². The largest absolute Gasteiger partial charge is 0.490 e. The van der Waals surface area contributed by atoms with E-state index in [0.717, 1.165) is 6.07 Å². The van der Waals surface area contributed by atoms with Crippen molar-refractivity contribution in [2.75, 3.05) is 18.5 Å². The average molecular weight is 345 g/mol. The molecule has 2 aromatic rings. The molecule has 0 radical (unpaired) electrons. The van der Waals surface area contributed by atoms with E-state index in [2.05, 4.69) is 10.6 Å². The Bertz CT molecular complexity index is 713. The van der Waals surface area contributed by atoms with Gasteiger partial charge in [-0.25, -0.2) is 18.0 Å². The van der Waals surface area contributed by atoms with Crippen LogP contribution in [-0.4, -0.2) is 19.2 Å². The first-order chi connectivity index (χ1) is 11.0. The van der Waals surface area contributed by atoms with Gasteiger partial charge in [0, 0.05) is 0 Å². The van der Waals surface area contributed by atoms with E-state index in [0.29, 0.717) is 16.8 Å². The van der Waals surface area contributed by atoms with E-state index >= 15 is 0 Å². The van der Waals surface area contributed by atoms with Crippen LogP contribution < -0.4 is 15.4 Å².